The number of hydrogen-bond acceptors (Lipinski definition) is 6. The molecule has 2 aliphatic rings. The lowest BCUT2D eigenvalue weighted by Gasteiger charge is -2.28. The van der Waals surface area contributed by atoms with Crippen molar-refractivity contribution in [1.29, 1.82) is 0 Å². The second-order valence-corrected chi connectivity index (χ2v) is 9.14. The fraction of sp³-hybridized carbons (Fsp3) is 0.286. The van der Waals surface area contributed by atoms with Crippen LogP contribution in [0.5, 0.6) is 5.75 Å². The molecule has 1 N–H and O–H groups in total. The average Bonchev–Trinajstić information content (AvgIpc) is 3.25. The van der Waals surface area contributed by atoms with Gasteiger partial charge in [0.1, 0.15) is 23.2 Å². The summed E-state index contributed by atoms with van der Waals surface area (Å²) in [6, 6.07) is 11.9. The molecule has 0 unspecified atom stereocenters. The predicted octanol–water partition coefficient (Wildman–Crippen LogP) is 4.08. The number of carbonyl (C=O) groups excluding carboxylic acids is 1. The summed E-state index contributed by atoms with van der Waals surface area (Å²) in [5.41, 5.74) is 6.00. The van der Waals surface area contributed by atoms with Crippen LogP contribution in [-0.2, 0) is 19.4 Å². The van der Waals surface area contributed by atoms with Crippen molar-refractivity contribution in [3.63, 3.8) is 0 Å². The molecule has 8 heteroatoms. The Kier molecular flexibility index (Phi) is 5.64. The second kappa shape index (κ2) is 9.11. The molecule has 1 amide bonds. The van der Waals surface area contributed by atoms with Gasteiger partial charge >= 0.3 is 0 Å². The molecule has 5 heterocycles. The van der Waals surface area contributed by atoms with E-state index >= 15 is 0 Å². The number of amides is 1. The number of hydrogen-bond donors (Lipinski definition) is 1. The van der Waals surface area contributed by atoms with Crippen molar-refractivity contribution in [3.05, 3.63) is 82.9 Å². The number of carbonyl (C=O) groups is 1. The third-order valence-corrected chi connectivity index (χ3v) is 6.93. The van der Waals surface area contributed by atoms with Crippen LogP contribution in [0.15, 0.2) is 55.0 Å². The van der Waals surface area contributed by atoms with E-state index in [-0.39, 0.29) is 5.91 Å². The largest absolute Gasteiger partial charge is 0.493 e. The summed E-state index contributed by atoms with van der Waals surface area (Å²) in [6.07, 6.45) is 7.14. The summed E-state index contributed by atoms with van der Waals surface area (Å²) >= 11 is 0. The SMILES string of the molecule is CCN1c2ncccc2Cn2c(C)cnc2-c2cc(CCOc3cccc4c3CCNC4=O)cnc21. The van der Waals surface area contributed by atoms with Gasteiger partial charge in [0.25, 0.3) is 5.91 Å². The minimum absolute atomic E-state index is 0.0325. The fourth-order valence-electron chi connectivity index (χ4n) is 5.11. The van der Waals surface area contributed by atoms with Crippen LogP contribution >= 0.6 is 0 Å². The minimum Gasteiger partial charge on any atom is -0.493 e. The number of nitrogens with zero attached hydrogens (tertiary/aromatic N) is 5. The van der Waals surface area contributed by atoms with Crippen molar-refractivity contribution in [2.24, 2.45) is 0 Å². The number of rotatable bonds is 5. The van der Waals surface area contributed by atoms with Crippen molar-refractivity contribution < 1.29 is 9.53 Å². The van der Waals surface area contributed by atoms with Crippen molar-refractivity contribution in [2.75, 3.05) is 24.6 Å². The lowest BCUT2D eigenvalue weighted by atomic mass is 9.99. The number of benzene rings is 1. The normalized spacial score (nSPS) is 14.1. The molecular formula is C28H28N6O2. The maximum absolute atomic E-state index is 12.2. The zero-order valence-electron chi connectivity index (χ0n) is 20.5. The predicted molar refractivity (Wildman–Crippen MR) is 138 cm³/mol. The minimum atomic E-state index is -0.0325. The van der Waals surface area contributed by atoms with Crippen LogP contribution in [0.25, 0.3) is 11.4 Å². The summed E-state index contributed by atoms with van der Waals surface area (Å²) < 4.78 is 8.39. The molecule has 36 heavy (non-hydrogen) atoms. The van der Waals surface area contributed by atoms with Gasteiger partial charge in [0.15, 0.2) is 0 Å². The summed E-state index contributed by atoms with van der Waals surface area (Å²) in [4.78, 5) is 28.7. The highest BCUT2D eigenvalue weighted by atomic mass is 16.5. The zero-order chi connectivity index (χ0) is 24.6. The molecule has 0 fully saturated rings. The van der Waals surface area contributed by atoms with Crippen molar-refractivity contribution in [2.45, 2.75) is 33.2 Å². The van der Waals surface area contributed by atoms with Gasteiger partial charge in [0.05, 0.1) is 18.7 Å². The van der Waals surface area contributed by atoms with Gasteiger partial charge in [0.2, 0.25) is 0 Å². The van der Waals surface area contributed by atoms with E-state index in [1.54, 1.807) is 0 Å². The van der Waals surface area contributed by atoms with E-state index in [0.29, 0.717) is 31.7 Å². The van der Waals surface area contributed by atoms with Crippen LogP contribution in [0.3, 0.4) is 0 Å². The second-order valence-electron chi connectivity index (χ2n) is 9.14. The van der Waals surface area contributed by atoms with Crippen LogP contribution in [0, 0.1) is 6.92 Å². The maximum atomic E-state index is 12.2. The Balaban J connectivity index is 1.32. The van der Waals surface area contributed by atoms with Gasteiger partial charge in [0, 0.05) is 60.5 Å². The van der Waals surface area contributed by atoms with Gasteiger partial charge < -0.3 is 19.5 Å². The molecule has 0 atom stereocenters. The molecule has 3 aromatic heterocycles. The molecule has 8 nitrogen and oxygen atoms in total. The Hall–Kier alpha value is -4.20. The topological polar surface area (TPSA) is 85.2 Å². The van der Waals surface area contributed by atoms with Crippen molar-refractivity contribution in [1.82, 2.24) is 24.8 Å². The van der Waals surface area contributed by atoms with Crippen molar-refractivity contribution >= 4 is 17.5 Å². The van der Waals surface area contributed by atoms with Crippen LogP contribution < -0.4 is 15.0 Å². The average molecular weight is 481 g/mol. The summed E-state index contributed by atoms with van der Waals surface area (Å²) in [6.45, 7) is 6.79. The van der Waals surface area contributed by atoms with Crippen LogP contribution in [0.4, 0.5) is 11.6 Å². The number of pyridine rings is 2. The number of aromatic nitrogens is 4. The molecule has 4 aromatic rings. The molecule has 0 bridgehead atoms. The van der Waals surface area contributed by atoms with E-state index in [1.807, 2.05) is 42.9 Å². The highest BCUT2D eigenvalue weighted by Crippen LogP contribution is 2.37. The van der Waals surface area contributed by atoms with E-state index in [0.717, 1.165) is 64.1 Å². The van der Waals surface area contributed by atoms with Gasteiger partial charge in [-0.3, -0.25) is 4.79 Å². The number of fused-ring (bicyclic) bond motifs is 5. The molecule has 0 saturated carbocycles. The van der Waals surface area contributed by atoms with E-state index < -0.39 is 0 Å². The molecule has 0 aliphatic carbocycles. The monoisotopic (exact) mass is 480 g/mol. The van der Waals surface area contributed by atoms with Gasteiger partial charge in [-0.1, -0.05) is 12.1 Å². The molecule has 2 aliphatic heterocycles. The molecular weight excluding hydrogens is 452 g/mol. The maximum Gasteiger partial charge on any atom is 0.251 e. The van der Waals surface area contributed by atoms with Gasteiger partial charge in [-0.2, -0.15) is 0 Å². The third-order valence-electron chi connectivity index (χ3n) is 6.93. The molecule has 0 saturated heterocycles. The third kappa shape index (κ3) is 3.79. The van der Waals surface area contributed by atoms with E-state index in [4.69, 9.17) is 19.7 Å². The molecule has 0 radical (unpaired) electrons. The van der Waals surface area contributed by atoms with Crippen molar-refractivity contribution in [3.8, 4) is 17.1 Å². The highest BCUT2D eigenvalue weighted by Gasteiger charge is 2.26. The molecule has 0 spiro atoms. The first-order valence-corrected chi connectivity index (χ1v) is 12.4. The van der Waals surface area contributed by atoms with Gasteiger partial charge in [-0.05, 0) is 50.1 Å². The van der Waals surface area contributed by atoms with Gasteiger partial charge in [-0.15, -0.1) is 0 Å². The standard InChI is InChI=1S/C28H28N6O2/c1-3-33-25-20(6-5-11-29-25)17-34-18(2)15-31-27(34)23-14-19(16-32-26(23)33)10-13-36-24-8-4-7-22-21(24)9-12-30-28(22)35/h4-8,11,14-16H,3,9-10,12-13,17H2,1-2H3,(H,30,35). The highest BCUT2D eigenvalue weighted by molar-refractivity contribution is 5.97. The number of nitrogens with one attached hydrogen (secondary N) is 1. The lowest BCUT2D eigenvalue weighted by Crippen LogP contribution is -2.32. The Bertz CT molecular complexity index is 1460. The molecule has 1 aromatic carbocycles. The zero-order valence-corrected chi connectivity index (χ0v) is 20.5. The van der Waals surface area contributed by atoms with Crippen LogP contribution in [0.1, 0.15) is 39.7 Å². The van der Waals surface area contributed by atoms with Crippen LogP contribution in [-0.4, -0.2) is 45.1 Å². The first-order chi connectivity index (χ1) is 17.6. The summed E-state index contributed by atoms with van der Waals surface area (Å²) in [5.74, 6) is 3.45. The van der Waals surface area contributed by atoms with E-state index in [1.165, 1.54) is 0 Å². The Morgan fingerprint density at radius 1 is 1.06 bits per heavy atom. The van der Waals surface area contributed by atoms with E-state index in [9.17, 15) is 4.79 Å². The van der Waals surface area contributed by atoms with E-state index in [2.05, 4.69) is 40.8 Å². The first-order valence-electron chi connectivity index (χ1n) is 12.4. The molecule has 182 valence electrons. The Morgan fingerprint density at radius 2 is 1.97 bits per heavy atom. The summed E-state index contributed by atoms with van der Waals surface area (Å²) in [7, 11) is 0. The number of imidazole rings is 1. The summed E-state index contributed by atoms with van der Waals surface area (Å²) in [5, 5.41) is 2.89. The van der Waals surface area contributed by atoms with Crippen LogP contribution in [0.2, 0.25) is 0 Å². The Labute approximate surface area is 210 Å². The quantitative estimate of drug-likeness (QED) is 0.463. The lowest BCUT2D eigenvalue weighted by molar-refractivity contribution is 0.0945. The number of ether oxygens (including phenoxy) is 1. The fourth-order valence-corrected chi connectivity index (χ4v) is 5.11. The first kappa shape index (κ1) is 22.3. The van der Waals surface area contributed by atoms with Gasteiger partial charge in [-0.25, -0.2) is 15.0 Å². The number of aryl methyl sites for hydroxylation is 1. The smallest absolute Gasteiger partial charge is 0.251 e. The Morgan fingerprint density at radius 3 is 2.86 bits per heavy atom. The molecule has 6 rings (SSSR count). The number of anilines is 2.